The molecule has 3 aromatic heterocycles. The van der Waals surface area contributed by atoms with E-state index in [1.54, 1.807) is 30.6 Å². The third kappa shape index (κ3) is 3.99. The molecular weight excluding hydrogens is 355 g/mol. The van der Waals surface area contributed by atoms with Crippen molar-refractivity contribution >= 4 is 23.1 Å². The van der Waals surface area contributed by atoms with Crippen LogP contribution in [0.2, 0.25) is 0 Å². The number of carbonyl (C=O) groups excluding carboxylic acids is 1. The number of primary amides is 1. The first-order chi connectivity index (χ1) is 12.3. The molecule has 0 fully saturated rings. The largest absolute Gasteiger partial charge is 0.369 e. The Morgan fingerprint density at radius 2 is 2.08 bits per heavy atom. The predicted octanol–water partition coefficient (Wildman–Crippen LogP) is 2.51. The number of hydrogen-bond acceptors (Lipinski definition) is 7. The van der Waals surface area contributed by atoms with Crippen LogP contribution in [0.1, 0.15) is 24.4 Å². The number of pyridine rings is 1. The summed E-state index contributed by atoms with van der Waals surface area (Å²) in [4.78, 5) is 20.1. The molecule has 9 heteroatoms. The van der Waals surface area contributed by atoms with Gasteiger partial charge < -0.3 is 11.1 Å². The van der Waals surface area contributed by atoms with Crippen LogP contribution in [0.15, 0.2) is 36.7 Å². The van der Waals surface area contributed by atoms with E-state index in [9.17, 15) is 9.18 Å². The Kier molecular flexibility index (Phi) is 4.90. The zero-order valence-corrected chi connectivity index (χ0v) is 15.0. The highest BCUT2D eigenvalue weighted by molar-refractivity contribution is 7.15. The van der Waals surface area contributed by atoms with Gasteiger partial charge in [0.2, 0.25) is 5.91 Å². The fourth-order valence-corrected chi connectivity index (χ4v) is 3.30. The van der Waals surface area contributed by atoms with Gasteiger partial charge in [-0.15, -0.1) is 21.5 Å². The molecule has 0 aliphatic carbocycles. The zero-order chi connectivity index (χ0) is 18.7. The summed E-state index contributed by atoms with van der Waals surface area (Å²) in [5.74, 6) is -0.313. The lowest BCUT2D eigenvalue weighted by Crippen LogP contribution is -2.31. The molecule has 0 bridgehead atoms. The topological polar surface area (TPSA) is 107 Å². The van der Waals surface area contributed by atoms with E-state index < -0.39 is 11.4 Å². The number of rotatable bonds is 6. The highest BCUT2D eigenvalue weighted by Crippen LogP contribution is 2.27. The van der Waals surface area contributed by atoms with Gasteiger partial charge in [-0.3, -0.25) is 9.78 Å². The molecule has 1 amide bonds. The second-order valence-electron chi connectivity index (χ2n) is 6.16. The van der Waals surface area contributed by atoms with Crippen molar-refractivity contribution in [1.29, 1.82) is 0 Å². The molecule has 7 nitrogen and oxygen atoms in total. The Hall–Kier alpha value is -2.94. The molecule has 0 radical (unpaired) electrons. The molecule has 3 aromatic rings. The van der Waals surface area contributed by atoms with E-state index in [0.29, 0.717) is 22.2 Å². The average molecular weight is 372 g/mol. The smallest absolute Gasteiger partial charge is 0.222 e. The van der Waals surface area contributed by atoms with Gasteiger partial charge in [-0.1, -0.05) is 0 Å². The van der Waals surface area contributed by atoms with E-state index in [4.69, 9.17) is 5.73 Å². The number of thiazole rings is 1. The molecule has 0 atom stereocenters. The Morgan fingerprint density at radius 3 is 2.73 bits per heavy atom. The summed E-state index contributed by atoms with van der Waals surface area (Å²) in [6.07, 6.45) is 3.29. The van der Waals surface area contributed by atoms with Crippen LogP contribution < -0.4 is 11.1 Å². The summed E-state index contributed by atoms with van der Waals surface area (Å²) in [7, 11) is 0. The van der Waals surface area contributed by atoms with Crippen LogP contribution in [-0.2, 0) is 16.8 Å². The first kappa shape index (κ1) is 17.9. The Labute approximate surface area is 153 Å². The standard InChI is InChI=1S/C17H17FN6OS/c1-17(2,15-11(18)4-3-7-20-15)22-14-6-5-12(23-24-14)16-21-9-10(26-16)8-13(19)25/h3-7,9H,8H2,1-2H3,(H2,19,25)(H,22,24). The number of amides is 1. The van der Waals surface area contributed by atoms with E-state index in [0.717, 1.165) is 4.88 Å². The number of nitrogens with one attached hydrogen (secondary N) is 1. The summed E-state index contributed by atoms with van der Waals surface area (Å²) >= 11 is 1.34. The minimum atomic E-state index is -0.766. The number of nitrogens with zero attached hydrogens (tertiary/aromatic N) is 4. The third-order valence-corrected chi connectivity index (χ3v) is 4.60. The maximum atomic E-state index is 14.0. The quantitative estimate of drug-likeness (QED) is 0.688. The zero-order valence-electron chi connectivity index (χ0n) is 14.2. The SMILES string of the molecule is CC(C)(Nc1ccc(-c2ncc(CC(N)=O)s2)nn1)c1ncccc1F. The minimum absolute atomic E-state index is 0.147. The van der Waals surface area contributed by atoms with Crippen LogP contribution in [0.4, 0.5) is 10.2 Å². The lowest BCUT2D eigenvalue weighted by atomic mass is 9.99. The van der Waals surface area contributed by atoms with Crippen molar-refractivity contribution in [3.8, 4) is 10.7 Å². The number of halogens is 1. The number of aromatic nitrogens is 4. The van der Waals surface area contributed by atoms with Crippen molar-refractivity contribution in [2.75, 3.05) is 5.32 Å². The number of carbonyl (C=O) groups is 1. The van der Waals surface area contributed by atoms with Gasteiger partial charge in [0.1, 0.15) is 28.0 Å². The van der Waals surface area contributed by atoms with E-state index in [2.05, 4.69) is 25.5 Å². The van der Waals surface area contributed by atoms with Gasteiger partial charge in [-0.25, -0.2) is 9.37 Å². The van der Waals surface area contributed by atoms with Gasteiger partial charge in [-0.05, 0) is 38.1 Å². The predicted molar refractivity (Wildman–Crippen MR) is 96.9 cm³/mol. The maximum Gasteiger partial charge on any atom is 0.222 e. The molecule has 0 aromatic carbocycles. The summed E-state index contributed by atoms with van der Waals surface area (Å²) < 4.78 is 14.0. The summed E-state index contributed by atoms with van der Waals surface area (Å²) in [6, 6.07) is 6.41. The van der Waals surface area contributed by atoms with E-state index in [1.165, 1.54) is 17.4 Å². The molecule has 0 aliphatic rings. The molecule has 3 rings (SSSR count). The average Bonchev–Trinajstić information content (AvgIpc) is 3.03. The van der Waals surface area contributed by atoms with Gasteiger partial charge in [0, 0.05) is 17.3 Å². The molecular formula is C17H17FN6OS. The lowest BCUT2D eigenvalue weighted by Gasteiger charge is -2.26. The van der Waals surface area contributed by atoms with Crippen molar-refractivity contribution in [3.63, 3.8) is 0 Å². The summed E-state index contributed by atoms with van der Waals surface area (Å²) in [5, 5.41) is 12.1. The second-order valence-corrected chi connectivity index (χ2v) is 7.28. The van der Waals surface area contributed by atoms with Gasteiger partial charge in [0.25, 0.3) is 0 Å². The fourth-order valence-electron chi connectivity index (χ4n) is 2.42. The highest BCUT2D eigenvalue weighted by atomic mass is 32.1. The highest BCUT2D eigenvalue weighted by Gasteiger charge is 2.26. The molecule has 26 heavy (non-hydrogen) atoms. The van der Waals surface area contributed by atoms with Crippen molar-refractivity contribution in [2.24, 2.45) is 5.73 Å². The molecule has 0 saturated carbocycles. The monoisotopic (exact) mass is 372 g/mol. The Balaban J connectivity index is 1.76. The number of nitrogens with two attached hydrogens (primary N) is 1. The lowest BCUT2D eigenvalue weighted by molar-refractivity contribution is -0.117. The van der Waals surface area contributed by atoms with Crippen LogP contribution in [0.5, 0.6) is 0 Å². The summed E-state index contributed by atoms with van der Waals surface area (Å²) in [6.45, 7) is 3.62. The third-order valence-electron chi connectivity index (χ3n) is 3.58. The molecule has 0 aliphatic heterocycles. The Morgan fingerprint density at radius 1 is 1.27 bits per heavy atom. The van der Waals surface area contributed by atoms with Crippen molar-refractivity contribution < 1.29 is 9.18 Å². The van der Waals surface area contributed by atoms with E-state index in [-0.39, 0.29) is 12.2 Å². The van der Waals surface area contributed by atoms with Gasteiger partial charge in [-0.2, -0.15) is 0 Å². The normalized spacial score (nSPS) is 11.3. The Bertz CT molecular complexity index is 925. The molecule has 0 spiro atoms. The van der Waals surface area contributed by atoms with Crippen molar-refractivity contribution in [3.05, 3.63) is 53.0 Å². The molecule has 0 unspecified atom stereocenters. The molecule has 134 valence electrons. The van der Waals surface area contributed by atoms with Crippen LogP contribution >= 0.6 is 11.3 Å². The summed E-state index contributed by atoms with van der Waals surface area (Å²) in [5.41, 5.74) is 5.29. The first-order valence-electron chi connectivity index (χ1n) is 7.81. The van der Waals surface area contributed by atoms with Gasteiger partial charge in [0.05, 0.1) is 12.0 Å². The van der Waals surface area contributed by atoms with Crippen LogP contribution in [-0.4, -0.2) is 26.1 Å². The molecule has 3 N–H and O–H groups in total. The molecule has 0 saturated heterocycles. The van der Waals surface area contributed by atoms with Crippen LogP contribution in [0.25, 0.3) is 10.7 Å². The second kappa shape index (κ2) is 7.12. The minimum Gasteiger partial charge on any atom is -0.369 e. The first-order valence-corrected chi connectivity index (χ1v) is 8.63. The fraction of sp³-hybridized carbons (Fsp3) is 0.235. The molecule has 3 heterocycles. The maximum absolute atomic E-state index is 14.0. The van der Waals surface area contributed by atoms with Crippen LogP contribution in [0.3, 0.4) is 0 Å². The van der Waals surface area contributed by atoms with Gasteiger partial charge >= 0.3 is 0 Å². The van der Waals surface area contributed by atoms with E-state index in [1.807, 2.05) is 13.8 Å². The van der Waals surface area contributed by atoms with E-state index >= 15 is 0 Å². The number of anilines is 1. The van der Waals surface area contributed by atoms with Crippen molar-refractivity contribution in [2.45, 2.75) is 25.8 Å². The van der Waals surface area contributed by atoms with Gasteiger partial charge in [0.15, 0.2) is 0 Å². The number of hydrogen-bond donors (Lipinski definition) is 2. The van der Waals surface area contributed by atoms with Crippen molar-refractivity contribution in [1.82, 2.24) is 20.2 Å². The van der Waals surface area contributed by atoms with Crippen LogP contribution in [0, 0.1) is 5.82 Å².